The van der Waals surface area contributed by atoms with Gasteiger partial charge in [-0.05, 0) is 32.8 Å². The molecule has 0 atom stereocenters. The number of halogens is 2. The first kappa shape index (κ1) is 26.1. The molecule has 136 valence electrons. The van der Waals surface area contributed by atoms with Crippen LogP contribution in [-0.2, 0) is 19.8 Å². The molecule has 0 N–H and O–H groups in total. The van der Waals surface area contributed by atoms with Gasteiger partial charge in [-0.15, -0.1) is 0 Å². The van der Waals surface area contributed by atoms with Crippen LogP contribution in [-0.4, -0.2) is 15.1 Å². The van der Waals surface area contributed by atoms with Crippen LogP contribution in [0, 0.1) is 6.92 Å². The van der Waals surface area contributed by atoms with Crippen LogP contribution >= 0.6 is 52.8 Å². The van der Waals surface area contributed by atoms with Crippen LogP contribution < -0.4 is 0 Å². The first-order valence-corrected chi connectivity index (χ1v) is 12.3. The van der Waals surface area contributed by atoms with E-state index in [4.69, 9.17) is 9.05 Å². The third-order valence-corrected chi connectivity index (χ3v) is 6.27. The molecule has 1 aromatic rings. The Morgan fingerprint density at radius 3 is 1.70 bits per heavy atom. The zero-order valence-electron chi connectivity index (χ0n) is 15.1. The van der Waals surface area contributed by atoms with E-state index in [-0.39, 0.29) is 0 Å². The van der Waals surface area contributed by atoms with Crippen LogP contribution in [0.15, 0.2) is 24.3 Å². The molecule has 0 saturated heterocycles. The molecule has 0 spiro atoms. The highest BCUT2D eigenvalue weighted by Crippen LogP contribution is 2.51. The van der Waals surface area contributed by atoms with Gasteiger partial charge in [-0.1, -0.05) is 95.8 Å². The van der Waals surface area contributed by atoms with Crippen LogP contribution in [0.25, 0.3) is 0 Å². The van der Waals surface area contributed by atoms with Gasteiger partial charge in [0.2, 0.25) is 0 Å². The van der Waals surface area contributed by atoms with Crippen molar-refractivity contribution < 1.29 is 13.6 Å². The van der Waals surface area contributed by atoms with Crippen LogP contribution in [0.1, 0.15) is 52.2 Å². The van der Waals surface area contributed by atoms with Crippen molar-refractivity contribution in [3.05, 3.63) is 35.4 Å². The molecule has 0 aromatic heterocycles. The summed E-state index contributed by atoms with van der Waals surface area (Å²) in [4.78, 5) is 0. The fourth-order valence-corrected chi connectivity index (χ4v) is 3.14. The summed E-state index contributed by atoms with van der Waals surface area (Å²) in [7, 11) is -2.96. The van der Waals surface area contributed by atoms with E-state index < -0.39 is 7.60 Å². The second kappa shape index (κ2) is 16.3. The largest absolute Gasteiger partial charge is 0.335 e. The number of benzene rings is 1. The van der Waals surface area contributed by atoms with Crippen molar-refractivity contribution in [2.45, 2.75) is 56.1 Å². The molecule has 0 radical (unpaired) electrons. The fraction of sp³-hybridized carbons (Fsp3) is 0.647. The lowest BCUT2D eigenvalue weighted by molar-refractivity contribution is 0.219. The number of hydrogen-bond acceptors (Lipinski definition) is 3. The second-order valence-electron chi connectivity index (χ2n) is 4.39. The summed E-state index contributed by atoms with van der Waals surface area (Å²) in [5.74, 6) is 0. The minimum Gasteiger partial charge on any atom is -0.309 e. The highest BCUT2D eigenvalue weighted by atomic mass is 127. The van der Waals surface area contributed by atoms with Gasteiger partial charge in [-0.2, -0.15) is 0 Å². The van der Waals surface area contributed by atoms with Crippen molar-refractivity contribution >= 4 is 52.8 Å². The number of rotatable bonds is 7. The minimum atomic E-state index is -2.96. The molecule has 3 nitrogen and oxygen atoms in total. The Labute approximate surface area is 170 Å². The van der Waals surface area contributed by atoms with E-state index in [1.165, 1.54) is 12.0 Å². The smallest absolute Gasteiger partial charge is 0.309 e. The van der Waals surface area contributed by atoms with E-state index in [9.17, 15) is 4.57 Å². The summed E-state index contributed by atoms with van der Waals surface area (Å²) in [6, 6.07) is 7.91. The standard InChI is InChI=1S/C12H19O3P.C3H6I2.C2H6/c1-4-14-16(13,15-5-2)10-12-8-6-11(3)7-9-12;1-2-3(4)5;1-2/h6-9H,4-5,10H2,1-3H3;3H,2H2,1H3;1-2H3. The molecule has 6 heteroatoms. The van der Waals surface area contributed by atoms with E-state index >= 15 is 0 Å². The van der Waals surface area contributed by atoms with E-state index in [0.717, 1.165) is 7.49 Å². The number of hydrogen-bond donors (Lipinski definition) is 0. The van der Waals surface area contributed by atoms with Crippen molar-refractivity contribution in [2.24, 2.45) is 0 Å². The van der Waals surface area contributed by atoms with Gasteiger partial charge in [-0.3, -0.25) is 4.57 Å². The Balaban J connectivity index is 0. The molecule has 0 amide bonds. The van der Waals surface area contributed by atoms with E-state index in [1.807, 2.05) is 58.9 Å². The maximum absolute atomic E-state index is 12.2. The SMILES string of the molecule is CC.CCC(I)I.CCOP(=O)(Cc1ccc(C)cc1)OCC. The molecule has 1 rings (SSSR count). The van der Waals surface area contributed by atoms with Crippen LogP contribution in [0.4, 0.5) is 0 Å². The summed E-state index contributed by atoms with van der Waals surface area (Å²) in [6.07, 6.45) is 1.62. The first-order valence-electron chi connectivity index (χ1n) is 8.08. The summed E-state index contributed by atoms with van der Waals surface area (Å²) >= 11 is 4.79. The molecule has 0 heterocycles. The van der Waals surface area contributed by atoms with Gasteiger partial charge in [-0.25, -0.2) is 0 Å². The molecule has 23 heavy (non-hydrogen) atoms. The lowest BCUT2D eigenvalue weighted by Gasteiger charge is -2.16. The molecule has 0 aliphatic heterocycles. The van der Waals surface area contributed by atoms with Crippen LogP contribution in [0.5, 0.6) is 0 Å². The molecular weight excluding hydrogens is 537 g/mol. The highest BCUT2D eigenvalue weighted by Gasteiger charge is 2.23. The lowest BCUT2D eigenvalue weighted by atomic mass is 10.2. The fourth-order valence-electron chi connectivity index (χ4n) is 1.44. The van der Waals surface area contributed by atoms with Gasteiger partial charge in [0, 0.05) is 0 Å². The molecule has 0 fully saturated rings. The van der Waals surface area contributed by atoms with Gasteiger partial charge >= 0.3 is 7.60 Å². The zero-order valence-corrected chi connectivity index (χ0v) is 20.4. The second-order valence-corrected chi connectivity index (χ2v) is 11.8. The molecule has 0 aliphatic carbocycles. The third kappa shape index (κ3) is 14.8. The predicted molar refractivity (Wildman–Crippen MR) is 119 cm³/mol. The van der Waals surface area contributed by atoms with Gasteiger partial charge in [0.25, 0.3) is 0 Å². The minimum absolute atomic E-state index is 0.342. The normalized spacial score (nSPS) is 10.5. The average molecular weight is 568 g/mol. The Bertz CT molecular complexity index is 412. The summed E-state index contributed by atoms with van der Waals surface area (Å²) < 4.78 is 23.5. The Morgan fingerprint density at radius 1 is 1.00 bits per heavy atom. The monoisotopic (exact) mass is 568 g/mol. The summed E-state index contributed by atoms with van der Waals surface area (Å²) in [6.45, 7) is 12.7. The molecule has 0 bridgehead atoms. The molecular formula is C17H31I2O3P. The van der Waals surface area contributed by atoms with Gasteiger partial charge in [0.05, 0.1) is 21.3 Å². The Kier molecular flexibility index (Phi) is 18.5. The quantitative estimate of drug-likeness (QED) is 0.196. The summed E-state index contributed by atoms with van der Waals surface area (Å²) in [5, 5.41) is 0. The Hall–Kier alpha value is 0.830. The predicted octanol–water partition coefficient (Wildman–Crippen LogP) is 7.38. The van der Waals surface area contributed by atoms with E-state index in [2.05, 4.69) is 52.1 Å². The maximum atomic E-state index is 12.2. The lowest BCUT2D eigenvalue weighted by Crippen LogP contribution is -1.99. The number of alkyl halides is 2. The zero-order chi connectivity index (χ0) is 18.3. The molecule has 0 saturated carbocycles. The van der Waals surface area contributed by atoms with Crippen molar-refractivity contribution in [3.8, 4) is 0 Å². The molecule has 0 aliphatic rings. The van der Waals surface area contributed by atoms with Gasteiger partial charge in [0.15, 0.2) is 0 Å². The molecule has 0 unspecified atom stereocenters. The molecule has 1 aromatic carbocycles. The van der Waals surface area contributed by atoms with Gasteiger partial charge < -0.3 is 9.05 Å². The van der Waals surface area contributed by atoms with Crippen LogP contribution in [0.3, 0.4) is 0 Å². The summed E-state index contributed by atoms with van der Waals surface area (Å²) in [5.41, 5.74) is 2.17. The maximum Gasteiger partial charge on any atom is 0.335 e. The average Bonchev–Trinajstić information content (AvgIpc) is 2.52. The number of aryl methyl sites for hydroxylation is 1. The Morgan fingerprint density at radius 2 is 1.39 bits per heavy atom. The van der Waals surface area contributed by atoms with Crippen molar-refractivity contribution in [1.82, 2.24) is 0 Å². The topological polar surface area (TPSA) is 35.5 Å². The van der Waals surface area contributed by atoms with Crippen molar-refractivity contribution in [2.75, 3.05) is 13.2 Å². The van der Waals surface area contributed by atoms with Crippen molar-refractivity contribution in [1.29, 1.82) is 0 Å². The van der Waals surface area contributed by atoms with Gasteiger partial charge in [0.1, 0.15) is 0 Å². The highest BCUT2D eigenvalue weighted by molar-refractivity contribution is 14.2. The van der Waals surface area contributed by atoms with E-state index in [0.29, 0.717) is 19.4 Å². The van der Waals surface area contributed by atoms with Crippen LogP contribution in [0.2, 0.25) is 0 Å². The van der Waals surface area contributed by atoms with E-state index in [1.54, 1.807) is 0 Å². The third-order valence-electron chi connectivity index (χ3n) is 2.46. The van der Waals surface area contributed by atoms with Crippen molar-refractivity contribution in [3.63, 3.8) is 0 Å². The first-order chi connectivity index (χ1) is 10.9.